The quantitative estimate of drug-likeness (QED) is 0.171. The van der Waals surface area contributed by atoms with Gasteiger partial charge in [0.15, 0.2) is 0 Å². The number of nitrogens with zero attached hydrogens (tertiary/aromatic N) is 3. The molecule has 4 rings (SSSR count). The molecule has 4 nitrogen and oxygen atoms in total. The third kappa shape index (κ3) is 9.63. The van der Waals surface area contributed by atoms with Gasteiger partial charge in [-0.25, -0.2) is 9.37 Å². The molecule has 0 radical (unpaired) electrons. The highest BCUT2D eigenvalue weighted by Crippen LogP contribution is 2.37. The lowest BCUT2D eigenvalue weighted by molar-refractivity contribution is 0.214. The van der Waals surface area contributed by atoms with E-state index in [0.717, 1.165) is 80.8 Å². The van der Waals surface area contributed by atoms with Crippen molar-refractivity contribution in [2.45, 2.75) is 137 Å². The van der Waals surface area contributed by atoms with Crippen LogP contribution in [0.3, 0.4) is 0 Å². The first-order valence-corrected chi connectivity index (χ1v) is 18.0. The average Bonchev–Trinajstić information content (AvgIpc) is 3.56. The molecule has 2 aliphatic heterocycles. The lowest BCUT2D eigenvalue weighted by Crippen LogP contribution is -2.36. The smallest absolute Gasteiger partial charge is 0.129 e. The van der Waals surface area contributed by atoms with Crippen molar-refractivity contribution in [2.24, 2.45) is 0 Å². The van der Waals surface area contributed by atoms with E-state index in [-0.39, 0.29) is 17.3 Å². The van der Waals surface area contributed by atoms with Gasteiger partial charge in [-0.3, -0.25) is 4.90 Å². The lowest BCUT2D eigenvalue weighted by atomic mass is 9.76. The Morgan fingerprint density at radius 2 is 1.84 bits per heavy atom. The van der Waals surface area contributed by atoms with Crippen molar-refractivity contribution in [3.63, 3.8) is 0 Å². The first-order valence-electron chi connectivity index (χ1n) is 18.0. The molecule has 1 aromatic carbocycles. The maximum atomic E-state index is 15.4. The number of pyridine rings is 1. The van der Waals surface area contributed by atoms with Gasteiger partial charge in [0.1, 0.15) is 11.6 Å². The number of hydrogen-bond acceptors (Lipinski definition) is 4. The summed E-state index contributed by atoms with van der Waals surface area (Å²) >= 11 is 0. The van der Waals surface area contributed by atoms with E-state index in [2.05, 4.69) is 74.6 Å². The fraction of sp³-hybridized carbons (Fsp3) is 0.667. The molecule has 1 N–H and O–H groups in total. The number of unbranched alkanes of at least 4 members (excludes halogenated alkanes) is 2. The van der Waals surface area contributed by atoms with Crippen molar-refractivity contribution in [1.82, 2.24) is 14.8 Å². The number of likely N-dealkylation sites (N-methyl/N-ethyl adjacent to an activating group) is 1. The van der Waals surface area contributed by atoms with Gasteiger partial charge in [0.2, 0.25) is 0 Å². The van der Waals surface area contributed by atoms with Crippen LogP contribution >= 0.6 is 0 Å². The standard InChI is InChI=1S/C35H53FN4.2C2H6/c1-7-30-31(23-27(24-32(30)36)35(5,9-3)10-4)33(8-2)40-22-19-29(25-40)39(6)21-13-11-12-16-28-18-17-26-15-14-20-37-34(26)38-28;2*1-2/h8,17-18,23-24,29,33H,2,7,9-16,19-22,25H2,1,3-6H3,(H,37,38);2*1-2H3. The second-order valence-electron chi connectivity index (χ2n) is 12.4. The summed E-state index contributed by atoms with van der Waals surface area (Å²) in [6, 6.07) is 9.17. The van der Waals surface area contributed by atoms with E-state index in [9.17, 15) is 0 Å². The third-order valence-electron chi connectivity index (χ3n) is 9.99. The predicted octanol–water partition coefficient (Wildman–Crippen LogP) is 9.92. The Balaban J connectivity index is 0.00000162. The SMILES string of the molecule is C=CC(c1cc(C(C)(CC)CC)cc(F)c1CC)N1CCC(N(C)CCCCCc2ccc3c(n2)NCCC3)C1.CC.CC. The topological polar surface area (TPSA) is 31.4 Å². The van der Waals surface area contributed by atoms with Gasteiger partial charge in [-0.2, -0.15) is 0 Å². The van der Waals surface area contributed by atoms with Gasteiger partial charge in [0.25, 0.3) is 0 Å². The Hall–Kier alpha value is -2.24. The summed E-state index contributed by atoms with van der Waals surface area (Å²) in [5, 5.41) is 3.45. The van der Waals surface area contributed by atoms with Gasteiger partial charge in [-0.15, -0.1) is 6.58 Å². The van der Waals surface area contributed by atoms with E-state index in [1.807, 2.05) is 33.8 Å². The molecule has 0 aliphatic carbocycles. The summed E-state index contributed by atoms with van der Waals surface area (Å²) in [5.41, 5.74) is 5.68. The van der Waals surface area contributed by atoms with E-state index < -0.39 is 0 Å². The second-order valence-corrected chi connectivity index (χ2v) is 12.4. The molecule has 0 bridgehead atoms. The van der Waals surface area contributed by atoms with E-state index >= 15 is 4.39 Å². The molecule has 3 heterocycles. The summed E-state index contributed by atoms with van der Waals surface area (Å²) in [7, 11) is 2.28. The second kappa shape index (κ2) is 19.3. The van der Waals surface area contributed by atoms with Gasteiger partial charge in [-0.05, 0) is 111 Å². The molecule has 44 heavy (non-hydrogen) atoms. The Morgan fingerprint density at radius 1 is 1.11 bits per heavy atom. The molecule has 0 saturated carbocycles. The third-order valence-corrected chi connectivity index (χ3v) is 9.99. The largest absolute Gasteiger partial charge is 0.370 e. The first-order chi connectivity index (χ1) is 21.3. The number of aromatic nitrogens is 1. The summed E-state index contributed by atoms with van der Waals surface area (Å²) in [6.07, 6.45) is 12.9. The summed E-state index contributed by atoms with van der Waals surface area (Å²) in [5.74, 6) is 1.06. The van der Waals surface area contributed by atoms with Crippen molar-refractivity contribution in [1.29, 1.82) is 0 Å². The van der Waals surface area contributed by atoms with Crippen LogP contribution in [-0.2, 0) is 24.7 Å². The molecule has 5 heteroatoms. The van der Waals surface area contributed by atoms with Crippen LogP contribution in [0.5, 0.6) is 0 Å². The van der Waals surface area contributed by atoms with Crippen LogP contribution in [0.15, 0.2) is 36.9 Å². The Morgan fingerprint density at radius 3 is 2.50 bits per heavy atom. The predicted molar refractivity (Wildman–Crippen MR) is 191 cm³/mol. The molecule has 2 aliphatic rings. The zero-order valence-electron chi connectivity index (χ0n) is 29.9. The Labute approximate surface area is 270 Å². The zero-order valence-corrected chi connectivity index (χ0v) is 29.9. The number of halogens is 1. The number of aryl methyl sites for hydroxylation is 2. The van der Waals surface area contributed by atoms with E-state index in [1.54, 1.807) is 6.07 Å². The van der Waals surface area contributed by atoms with Crippen LogP contribution in [-0.4, -0.2) is 54.1 Å². The monoisotopic (exact) mass is 609 g/mol. The van der Waals surface area contributed by atoms with Crippen LogP contribution < -0.4 is 5.32 Å². The molecule has 2 atom stereocenters. The van der Waals surface area contributed by atoms with Gasteiger partial charge >= 0.3 is 0 Å². The Bertz CT molecular complexity index is 1130. The number of anilines is 1. The molecule has 1 fully saturated rings. The number of benzene rings is 1. The molecule has 0 spiro atoms. The first kappa shape index (κ1) is 37.9. The summed E-state index contributed by atoms with van der Waals surface area (Å²) in [4.78, 5) is 9.92. The molecule has 0 amide bonds. The highest BCUT2D eigenvalue weighted by molar-refractivity contribution is 5.47. The molecule has 248 valence electrons. The molecule has 2 unspecified atom stereocenters. The number of likely N-dealkylation sites (tertiary alicyclic amines) is 1. The van der Waals surface area contributed by atoms with Crippen LogP contribution in [0.1, 0.15) is 134 Å². The fourth-order valence-corrected chi connectivity index (χ4v) is 6.69. The van der Waals surface area contributed by atoms with Gasteiger partial charge in [-0.1, -0.05) is 80.0 Å². The van der Waals surface area contributed by atoms with E-state index in [1.165, 1.54) is 36.9 Å². The number of hydrogen-bond donors (Lipinski definition) is 1. The number of rotatable bonds is 14. The average molecular weight is 609 g/mol. The van der Waals surface area contributed by atoms with Crippen LogP contribution in [0.2, 0.25) is 0 Å². The maximum Gasteiger partial charge on any atom is 0.129 e. The van der Waals surface area contributed by atoms with Gasteiger partial charge < -0.3 is 10.2 Å². The highest BCUT2D eigenvalue weighted by atomic mass is 19.1. The minimum atomic E-state index is -0.0512. The van der Waals surface area contributed by atoms with Crippen molar-refractivity contribution in [3.8, 4) is 0 Å². The molecule has 1 aromatic heterocycles. The van der Waals surface area contributed by atoms with Gasteiger partial charge in [0.05, 0.1) is 6.04 Å². The van der Waals surface area contributed by atoms with Crippen molar-refractivity contribution >= 4 is 5.82 Å². The van der Waals surface area contributed by atoms with Gasteiger partial charge in [0, 0.05) is 31.4 Å². The minimum absolute atomic E-state index is 0.00575. The molecule has 2 aromatic rings. The van der Waals surface area contributed by atoms with Crippen molar-refractivity contribution < 1.29 is 4.39 Å². The minimum Gasteiger partial charge on any atom is -0.370 e. The summed E-state index contributed by atoms with van der Waals surface area (Å²) in [6.45, 7) is 25.2. The maximum absolute atomic E-state index is 15.4. The van der Waals surface area contributed by atoms with Crippen LogP contribution in [0.4, 0.5) is 10.2 Å². The molecule has 1 saturated heterocycles. The number of fused-ring (bicyclic) bond motifs is 1. The molecular formula is C39H65FN4. The number of nitrogens with one attached hydrogen (secondary N) is 1. The lowest BCUT2D eigenvalue weighted by Gasteiger charge is -2.32. The van der Waals surface area contributed by atoms with E-state index in [4.69, 9.17) is 4.98 Å². The summed E-state index contributed by atoms with van der Waals surface area (Å²) < 4.78 is 15.4. The fourth-order valence-electron chi connectivity index (χ4n) is 6.69. The van der Waals surface area contributed by atoms with E-state index in [0.29, 0.717) is 12.5 Å². The zero-order chi connectivity index (χ0) is 32.7. The highest BCUT2D eigenvalue weighted by Gasteiger charge is 2.32. The molecular weight excluding hydrogens is 543 g/mol. The van der Waals surface area contributed by atoms with Crippen molar-refractivity contribution in [3.05, 3.63) is 70.7 Å². The van der Waals surface area contributed by atoms with Crippen molar-refractivity contribution in [2.75, 3.05) is 38.5 Å². The van der Waals surface area contributed by atoms with Crippen LogP contribution in [0.25, 0.3) is 0 Å². The normalized spacial score (nSPS) is 17.1. The van der Waals surface area contributed by atoms with Crippen LogP contribution in [0, 0.1) is 5.82 Å². The Kier molecular flexibility index (Phi) is 16.7.